The van der Waals surface area contributed by atoms with Gasteiger partial charge in [0.15, 0.2) is 0 Å². The molecule has 1 amide bonds. The van der Waals surface area contributed by atoms with Crippen molar-refractivity contribution in [1.82, 2.24) is 0 Å². The van der Waals surface area contributed by atoms with E-state index in [-0.39, 0.29) is 5.91 Å². The van der Waals surface area contributed by atoms with Crippen LogP contribution in [-0.2, 0) is 4.79 Å². The molecule has 0 heterocycles. The van der Waals surface area contributed by atoms with Gasteiger partial charge in [-0.2, -0.15) is 0 Å². The minimum absolute atomic E-state index is 0.181. The Bertz CT molecular complexity index is 653. The highest BCUT2D eigenvalue weighted by atomic mass is 79.9. The van der Waals surface area contributed by atoms with Gasteiger partial charge in [0.1, 0.15) is 5.75 Å². The lowest BCUT2D eigenvalue weighted by Gasteiger charge is -2.06. The van der Waals surface area contributed by atoms with Crippen LogP contribution in [0.3, 0.4) is 0 Å². The van der Waals surface area contributed by atoms with Crippen molar-refractivity contribution in [3.8, 4) is 5.75 Å². The third-order valence-electron chi connectivity index (χ3n) is 2.73. The number of benzene rings is 2. The molecule has 1 N–H and O–H groups in total. The van der Waals surface area contributed by atoms with Gasteiger partial charge >= 0.3 is 0 Å². The van der Waals surface area contributed by atoms with E-state index in [1.165, 1.54) is 6.08 Å². The molecule has 0 aliphatic rings. The van der Waals surface area contributed by atoms with Crippen LogP contribution in [0.4, 0.5) is 5.69 Å². The largest absolute Gasteiger partial charge is 0.493 e. The van der Waals surface area contributed by atoms with Crippen molar-refractivity contribution < 1.29 is 9.53 Å². The summed E-state index contributed by atoms with van der Waals surface area (Å²) in [6.07, 6.45) is 3.25. The second kappa shape index (κ2) is 7.64. The monoisotopic (exact) mass is 345 g/mol. The first-order chi connectivity index (χ1) is 10.2. The van der Waals surface area contributed by atoms with E-state index in [9.17, 15) is 4.79 Å². The van der Waals surface area contributed by atoms with Crippen LogP contribution >= 0.6 is 15.9 Å². The molecule has 0 aliphatic heterocycles. The van der Waals surface area contributed by atoms with Crippen LogP contribution in [0.5, 0.6) is 5.75 Å². The van der Waals surface area contributed by atoms with Crippen molar-refractivity contribution in [3.63, 3.8) is 0 Å². The number of carbonyl (C=O) groups is 1. The zero-order chi connectivity index (χ0) is 15.1. The molecule has 21 heavy (non-hydrogen) atoms. The van der Waals surface area contributed by atoms with E-state index >= 15 is 0 Å². The van der Waals surface area contributed by atoms with Gasteiger partial charge in [-0.15, -0.1) is 0 Å². The fourth-order valence-corrected chi connectivity index (χ4v) is 2.22. The molecule has 0 radical (unpaired) electrons. The second-order valence-electron chi connectivity index (χ2n) is 4.30. The highest BCUT2D eigenvalue weighted by Crippen LogP contribution is 2.20. The summed E-state index contributed by atoms with van der Waals surface area (Å²) in [5.41, 5.74) is 1.63. The van der Waals surface area contributed by atoms with Crippen LogP contribution in [-0.4, -0.2) is 12.5 Å². The van der Waals surface area contributed by atoms with E-state index in [1.54, 1.807) is 6.08 Å². The highest BCUT2D eigenvalue weighted by molar-refractivity contribution is 9.10. The van der Waals surface area contributed by atoms with Crippen LogP contribution in [0.15, 0.2) is 59.1 Å². The zero-order valence-corrected chi connectivity index (χ0v) is 13.3. The average molecular weight is 346 g/mol. The number of hydrogen-bond donors (Lipinski definition) is 1. The van der Waals surface area contributed by atoms with E-state index in [1.807, 2.05) is 55.5 Å². The minimum atomic E-state index is -0.181. The topological polar surface area (TPSA) is 38.3 Å². The van der Waals surface area contributed by atoms with Crippen molar-refractivity contribution >= 4 is 33.6 Å². The molecular formula is C17H16BrNO2. The van der Waals surface area contributed by atoms with Gasteiger partial charge in [0.05, 0.1) is 6.61 Å². The Morgan fingerprint density at radius 2 is 2.05 bits per heavy atom. The maximum absolute atomic E-state index is 11.9. The Hall–Kier alpha value is -2.07. The number of ether oxygens (including phenoxy) is 1. The SMILES string of the molecule is CCOc1ccccc1/C=C/C(=O)Nc1cccc(Br)c1. The zero-order valence-electron chi connectivity index (χ0n) is 11.7. The van der Waals surface area contributed by atoms with Crippen LogP contribution in [0.1, 0.15) is 12.5 Å². The molecule has 0 saturated heterocycles. The first-order valence-corrected chi connectivity index (χ1v) is 7.45. The predicted octanol–water partition coefficient (Wildman–Crippen LogP) is 4.50. The van der Waals surface area contributed by atoms with Crippen molar-refractivity contribution in [3.05, 3.63) is 64.6 Å². The maximum Gasteiger partial charge on any atom is 0.248 e. The number of carbonyl (C=O) groups excluding carboxylic acids is 1. The van der Waals surface area contributed by atoms with Crippen molar-refractivity contribution in [1.29, 1.82) is 0 Å². The van der Waals surface area contributed by atoms with Gasteiger partial charge in [0.2, 0.25) is 5.91 Å². The molecule has 2 rings (SSSR count). The van der Waals surface area contributed by atoms with Crippen molar-refractivity contribution in [2.75, 3.05) is 11.9 Å². The summed E-state index contributed by atoms with van der Waals surface area (Å²) in [6, 6.07) is 15.1. The average Bonchev–Trinajstić information content (AvgIpc) is 2.47. The number of nitrogens with one attached hydrogen (secondary N) is 1. The van der Waals surface area contributed by atoms with Gasteiger partial charge in [0, 0.05) is 21.8 Å². The summed E-state index contributed by atoms with van der Waals surface area (Å²) in [6.45, 7) is 2.52. The second-order valence-corrected chi connectivity index (χ2v) is 5.22. The maximum atomic E-state index is 11.9. The molecule has 0 unspecified atom stereocenters. The molecule has 0 spiro atoms. The number of rotatable bonds is 5. The first-order valence-electron chi connectivity index (χ1n) is 6.65. The number of halogens is 1. The smallest absolute Gasteiger partial charge is 0.248 e. The highest BCUT2D eigenvalue weighted by Gasteiger charge is 2.01. The fourth-order valence-electron chi connectivity index (χ4n) is 1.82. The standard InChI is InChI=1S/C17H16BrNO2/c1-2-21-16-9-4-3-6-13(16)10-11-17(20)19-15-8-5-7-14(18)12-15/h3-12H,2H2,1H3,(H,19,20)/b11-10+. The van der Waals surface area contributed by atoms with E-state index in [0.29, 0.717) is 6.61 Å². The molecule has 0 atom stereocenters. The van der Waals surface area contributed by atoms with E-state index in [2.05, 4.69) is 21.2 Å². The summed E-state index contributed by atoms with van der Waals surface area (Å²) in [4.78, 5) is 11.9. The molecule has 0 aliphatic carbocycles. The molecule has 2 aromatic rings. The van der Waals surface area contributed by atoms with E-state index in [4.69, 9.17) is 4.74 Å². The van der Waals surface area contributed by atoms with Gasteiger partial charge in [-0.3, -0.25) is 4.79 Å². The number of para-hydroxylation sites is 1. The molecule has 3 nitrogen and oxygen atoms in total. The summed E-state index contributed by atoms with van der Waals surface area (Å²) < 4.78 is 6.44. The third-order valence-corrected chi connectivity index (χ3v) is 3.22. The summed E-state index contributed by atoms with van der Waals surface area (Å²) in [5, 5.41) is 2.81. The van der Waals surface area contributed by atoms with Crippen LogP contribution in [0.25, 0.3) is 6.08 Å². The molecule has 108 valence electrons. The Labute approximate surface area is 132 Å². The lowest BCUT2D eigenvalue weighted by Crippen LogP contribution is -2.07. The molecule has 2 aromatic carbocycles. The summed E-state index contributed by atoms with van der Waals surface area (Å²) in [7, 11) is 0. The minimum Gasteiger partial charge on any atom is -0.493 e. The summed E-state index contributed by atoms with van der Waals surface area (Å²) in [5.74, 6) is 0.589. The predicted molar refractivity (Wildman–Crippen MR) is 89.4 cm³/mol. The lowest BCUT2D eigenvalue weighted by atomic mass is 10.2. The van der Waals surface area contributed by atoms with Gasteiger partial charge in [-0.1, -0.05) is 40.2 Å². The van der Waals surface area contributed by atoms with Gasteiger partial charge < -0.3 is 10.1 Å². The van der Waals surface area contributed by atoms with Crippen LogP contribution < -0.4 is 10.1 Å². The summed E-state index contributed by atoms with van der Waals surface area (Å²) >= 11 is 3.37. The van der Waals surface area contributed by atoms with E-state index in [0.717, 1.165) is 21.5 Å². The normalized spacial score (nSPS) is 10.6. The fraction of sp³-hybridized carbons (Fsp3) is 0.118. The Morgan fingerprint density at radius 1 is 1.24 bits per heavy atom. The molecule has 0 fully saturated rings. The molecular weight excluding hydrogens is 330 g/mol. The van der Waals surface area contributed by atoms with Crippen molar-refractivity contribution in [2.45, 2.75) is 6.92 Å². The quantitative estimate of drug-likeness (QED) is 0.810. The molecule has 0 aromatic heterocycles. The van der Waals surface area contributed by atoms with Gasteiger partial charge in [-0.05, 0) is 37.3 Å². The third kappa shape index (κ3) is 4.76. The van der Waals surface area contributed by atoms with Crippen LogP contribution in [0.2, 0.25) is 0 Å². The number of amides is 1. The lowest BCUT2D eigenvalue weighted by molar-refractivity contribution is -0.111. The van der Waals surface area contributed by atoms with Gasteiger partial charge in [0.25, 0.3) is 0 Å². The van der Waals surface area contributed by atoms with Crippen molar-refractivity contribution in [2.24, 2.45) is 0 Å². The van der Waals surface area contributed by atoms with E-state index < -0.39 is 0 Å². The number of anilines is 1. The first kappa shape index (κ1) is 15.3. The van der Waals surface area contributed by atoms with Crippen LogP contribution in [0, 0.1) is 0 Å². The Kier molecular flexibility index (Phi) is 5.58. The molecule has 0 saturated carbocycles. The Balaban J connectivity index is 2.05. The molecule has 4 heteroatoms. The number of hydrogen-bond acceptors (Lipinski definition) is 2. The van der Waals surface area contributed by atoms with Gasteiger partial charge in [-0.25, -0.2) is 0 Å². The molecule has 0 bridgehead atoms. The Morgan fingerprint density at radius 3 is 2.81 bits per heavy atom.